The van der Waals surface area contributed by atoms with E-state index in [0.29, 0.717) is 0 Å². The third-order valence-electron chi connectivity index (χ3n) is 11.8. The summed E-state index contributed by atoms with van der Waals surface area (Å²) in [6.07, 6.45) is 0. The number of benzene rings is 10. The summed E-state index contributed by atoms with van der Waals surface area (Å²) in [5.74, 6) is 0. The average Bonchev–Trinajstić information content (AvgIpc) is 3.89. The zero-order valence-corrected chi connectivity index (χ0v) is 32.0. The van der Waals surface area contributed by atoms with Gasteiger partial charge in [-0.2, -0.15) is 0 Å². The fourth-order valence-corrected chi connectivity index (χ4v) is 9.10. The maximum Gasteiger partial charge on any atom is 0.143 e. The molecule has 0 unspecified atom stereocenters. The second-order valence-corrected chi connectivity index (χ2v) is 15.2. The van der Waals surface area contributed by atoms with Crippen molar-refractivity contribution in [1.29, 1.82) is 0 Å². The Balaban J connectivity index is 1.06. The van der Waals surface area contributed by atoms with Gasteiger partial charge in [0.1, 0.15) is 22.3 Å². The third-order valence-corrected chi connectivity index (χ3v) is 11.8. The molecule has 2 heterocycles. The van der Waals surface area contributed by atoms with Gasteiger partial charge in [-0.15, -0.1) is 0 Å². The fourth-order valence-electron chi connectivity index (χ4n) is 9.10. The molecule has 10 aromatic carbocycles. The lowest BCUT2D eigenvalue weighted by molar-refractivity contribution is 0.669. The molecule has 276 valence electrons. The van der Waals surface area contributed by atoms with E-state index in [1.165, 1.54) is 21.7 Å². The molecule has 59 heavy (non-hydrogen) atoms. The number of fused-ring (bicyclic) bond motifs is 9. The van der Waals surface area contributed by atoms with E-state index in [0.717, 1.165) is 94.1 Å². The van der Waals surface area contributed by atoms with E-state index in [4.69, 9.17) is 8.83 Å². The number of hydrogen-bond donors (Lipinski definition) is 0. The van der Waals surface area contributed by atoms with Gasteiger partial charge < -0.3 is 13.7 Å². The minimum Gasteiger partial charge on any atom is -0.456 e. The van der Waals surface area contributed by atoms with Crippen LogP contribution in [0.4, 0.5) is 17.1 Å². The summed E-state index contributed by atoms with van der Waals surface area (Å²) in [4.78, 5) is 2.40. The van der Waals surface area contributed by atoms with Crippen LogP contribution in [-0.2, 0) is 0 Å². The lowest BCUT2D eigenvalue weighted by Crippen LogP contribution is -2.11. The van der Waals surface area contributed by atoms with Crippen LogP contribution < -0.4 is 4.90 Å². The lowest BCUT2D eigenvalue weighted by atomic mass is 9.95. The van der Waals surface area contributed by atoms with E-state index in [1.54, 1.807) is 0 Å². The van der Waals surface area contributed by atoms with Crippen molar-refractivity contribution in [3.63, 3.8) is 0 Å². The van der Waals surface area contributed by atoms with Gasteiger partial charge in [-0.1, -0.05) is 152 Å². The van der Waals surface area contributed by atoms with Gasteiger partial charge in [-0.05, 0) is 105 Å². The molecule has 3 heteroatoms. The molecule has 2 aromatic heterocycles. The molecule has 12 aromatic rings. The molecule has 0 amide bonds. The van der Waals surface area contributed by atoms with Crippen LogP contribution in [0, 0.1) is 0 Å². The Morgan fingerprint density at radius 3 is 1.80 bits per heavy atom. The predicted octanol–water partition coefficient (Wildman–Crippen LogP) is 16.3. The quantitative estimate of drug-likeness (QED) is 0.169. The first-order valence-electron chi connectivity index (χ1n) is 20.1. The predicted molar refractivity (Wildman–Crippen MR) is 247 cm³/mol. The van der Waals surface area contributed by atoms with Gasteiger partial charge in [0.2, 0.25) is 0 Å². The molecule has 0 saturated heterocycles. The highest BCUT2D eigenvalue weighted by atomic mass is 16.3. The minimum absolute atomic E-state index is 0.874. The molecule has 0 aliphatic rings. The van der Waals surface area contributed by atoms with Gasteiger partial charge in [0, 0.05) is 43.9 Å². The molecule has 0 N–H and O–H groups in total. The van der Waals surface area contributed by atoms with Crippen molar-refractivity contribution in [3.05, 3.63) is 212 Å². The first-order chi connectivity index (χ1) is 29.2. The maximum absolute atomic E-state index is 6.68. The van der Waals surface area contributed by atoms with Crippen LogP contribution in [-0.4, -0.2) is 0 Å². The summed E-state index contributed by atoms with van der Waals surface area (Å²) < 4.78 is 13.0. The molecule has 0 fully saturated rings. The Morgan fingerprint density at radius 2 is 0.915 bits per heavy atom. The van der Waals surface area contributed by atoms with E-state index >= 15 is 0 Å². The number of anilines is 3. The first-order valence-corrected chi connectivity index (χ1v) is 20.1. The Labute approximate surface area is 340 Å². The van der Waals surface area contributed by atoms with Gasteiger partial charge >= 0.3 is 0 Å². The normalized spacial score (nSPS) is 11.7. The summed E-state index contributed by atoms with van der Waals surface area (Å²) in [6.45, 7) is 0. The summed E-state index contributed by atoms with van der Waals surface area (Å²) >= 11 is 0. The molecule has 3 nitrogen and oxygen atoms in total. The van der Waals surface area contributed by atoms with Crippen LogP contribution in [0.15, 0.2) is 221 Å². The molecule has 0 saturated carbocycles. The summed E-state index contributed by atoms with van der Waals surface area (Å²) in [7, 11) is 0. The molecule has 0 bridgehead atoms. The smallest absolute Gasteiger partial charge is 0.143 e. The lowest BCUT2D eigenvalue weighted by Gasteiger charge is -2.28. The van der Waals surface area contributed by atoms with Crippen LogP contribution in [0.25, 0.3) is 98.8 Å². The Bertz CT molecular complexity index is 3570. The molecular weight excluding hydrogens is 719 g/mol. The summed E-state index contributed by atoms with van der Waals surface area (Å²) in [5.41, 5.74) is 13.6. The van der Waals surface area contributed by atoms with E-state index < -0.39 is 0 Å². The zero-order valence-electron chi connectivity index (χ0n) is 32.0. The molecular formula is C56H35NO2. The maximum atomic E-state index is 6.68. The van der Waals surface area contributed by atoms with Crippen molar-refractivity contribution in [2.24, 2.45) is 0 Å². The highest BCUT2D eigenvalue weighted by molar-refractivity contribution is 6.20. The molecule has 0 aliphatic heterocycles. The minimum atomic E-state index is 0.874. The molecule has 12 rings (SSSR count). The van der Waals surface area contributed by atoms with Crippen molar-refractivity contribution in [2.75, 3.05) is 4.90 Å². The monoisotopic (exact) mass is 753 g/mol. The number of nitrogens with zero attached hydrogens (tertiary/aromatic N) is 1. The van der Waals surface area contributed by atoms with Crippen LogP contribution in [0.1, 0.15) is 0 Å². The van der Waals surface area contributed by atoms with Crippen LogP contribution in [0.2, 0.25) is 0 Å². The van der Waals surface area contributed by atoms with E-state index in [1.807, 2.05) is 12.1 Å². The van der Waals surface area contributed by atoms with E-state index in [9.17, 15) is 0 Å². The van der Waals surface area contributed by atoms with Crippen LogP contribution >= 0.6 is 0 Å². The van der Waals surface area contributed by atoms with Crippen molar-refractivity contribution in [2.45, 2.75) is 0 Å². The summed E-state index contributed by atoms with van der Waals surface area (Å²) in [6, 6.07) is 75.8. The largest absolute Gasteiger partial charge is 0.456 e. The molecule has 0 atom stereocenters. The van der Waals surface area contributed by atoms with Gasteiger partial charge in [-0.25, -0.2) is 0 Å². The Hall–Kier alpha value is -7.88. The Kier molecular flexibility index (Phi) is 7.54. The third kappa shape index (κ3) is 5.44. The second kappa shape index (κ2) is 13.4. The van der Waals surface area contributed by atoms with Gasteiger partial charge in [-0.3, -0.25) is 0 Å². The molecule has 0 radical (unpaired) electrons. The average molecular weight is 754 g/mol. The van der Waals surface area contributed by atoms with Crippen molar-refractivity contribution in [1.82, 2.24) is 0 Å². The number of rotatable bonds is 6. The van der Waals surface area contributed by atoms with Crippen molar-refractivity contribution in [3.8, 4) is 33.4 Å². The van der Waals surface area contributed by atoms with Gasteiger partial charge in [0.25, 0.3) is 0 Å². The topological polar surface area (TPSA) is 29.5 Å². The fraction of sp³-hybridized carbons (Fsp3) is 0. The second-order valence-electron chi connectivity index (χ2n) is 15.2. The van der Waals surface area contributed by atoms with Gasteiger partial charge in [0.05, 0.1) is 5.69 Å². The van der Waals surface area contributed by atoms with Crippen LogP contribution in [0.3, 0.4) is 0 Å². The highest BCUT2D eigenvalue weighted by Crippen LogP contribution is 2.47. The molecule has 0 aliphatic carbocycles. The van der Waals surface area contributed by atoms with Crippen molar-refractivity contribution >= 4 is 82.5 Å². The van der Waals surface area contributed by atoms with E-state index in [2.05, 4.69) is 205 Å². The van der Waals surface area contributed by atoms with Crippen molar-refractivity contribution < 1.29 is 8.83 Å². The van der Waals surface area contributed by atoms with Gasteiger partial charge in [0.15, 0.2) is 0 Å². The number of para-hydroxylation sites is 2. The highest BCUT2D eigenvalue weighted by Gasteiger charge is 2.22. The number of furan rings is 2. The SMILES string of the molecule is c1cc(-c2ccc3ccccc3c2)cc(N(c2ccc(-c3cccc4oc5ccccc5c34)cc2)c2ccccc2-c2cccc3oc4c5ccccc5ccc4c23)c1. The first kappa shape index (κ1) is 33.3. The van der Waals surface area contributed by atoms with Crippen LogP contribution in [0.5, 0.6) is 0 Å². The van der Waals surface area contributed by atoms with E-state index in [-0.39, 0.29) is 0 Å². The zero-order chi connectivity index (χ0) is 38.9. The summed E-state index contributed by atoms with van der Waals surface area (Å²) in [5, 5.41) is 9.22. The molecule has 0 spiro atoms. The Morgan fingerprint density at radius 1 is 0.305 bits per heavy atom. The number of hydrogen-bond acceptors (Lipinski definition) is 3. The standard InChI is InChI=1S/C56H35NO2/c1-2-14-39-34-41(27-26-36(39)12-1)40-15-9-16-43(35-40)57(42-31-28-38(29-32-42)44-20-10-24-52-54(44)48-19-6-8-23-51(48)58-52)50-22-7-5-18-46(50)47-21-11-25-53-55(47)49-33-30-37-13-3-4-17-45(37)56(49)59-53/h1-35H.